The molecule has 2 aromatic rings. The lowest BCUT2D eigenvalue weighted by molar-refractivity contribution is -0.137. The zero-order valence-corrected chi connectivity index (χ0v) is 17.1. The molecule has 1 aromatic carbocycles. The number of nitrogens with one attached hydrogen (secondary N) is 2. The summed E-state index contributed by atoms with van der Waals surface area (Å²) in [4.78, 5) is 8.68. The number of hydrogen-bond acceptors (Lipinski definition) is 5. The molecule has 29 heavy (non-hydrogen) atoms. The van der Waals surface area contributed by atoms with Crippen molar-refractivity contribution in [1.29, 1.82) is 0 Å². The van der Waals surface area contributed by atoms with Gasteiger partial charge in [-0.2, -0.15) is 13.2 Å². The molecule has 0 radical (unpaired) electrons. The average molecular weight is 430 g/mol. The lowest BCUT2D eigenvalue weighted by atomic mass is 10.2. The van der Waals surface area contributed by atoms with Crippen molar-refractivity contribution in [3.63, 3.8) is 0 Å². The van der Waals surface area contributed by atoms with E-state index in [9.17, 15) is 18.3 Å². The maximum absolute atomic E-state index is 12.7. The van der Waals surface area contributed by atoms with Crippen LogP contribution in [0.1, 0.15) is 23.2 Å². The van der Waals surface area contributed by atoms with Crippen molar-refractivity contribution in [3.05, 3.63) is 45.9 Å². The van der Waals surface area contributed by atoms with Gasteiger partial charge in [0, 0.05) is 24.9 Å². The van der Waals surface area contributed by atoms with E-state index in [1.807, 2.05) is 19.2 Å². The van der Waals surface area contributed by atoms with E-state index in [1.54, 1.807) is 11.3 Å². The quantitative estimate of drug-likeness (QED) is 0.421. The number of halogens is 3. The number of aryl methyl sites for hydroxylation is 1. The molecule has 10 heteroatoms. The standard InChI is InChI=1S/C19H25F3N4O2S/c1-3-23-18(24-8-7-15-12-29-13(2)26-15)25-10-16(27)11-28-17-6-4-5-14(9-17)19(20,21)22/h4-6,9,12,16,27H,3,7-8,10-11H2,1-2H3,(H2,23,24,25). The Morgan fingerprint density at radius 1 is 1.34 bits per heavy atom. The first-order valence-electron chi connectivity index (χ1n) is 9.19. The number of aliphatic hydroxyl groups is 1. The smallest absolute Gasteiger partial charge is 0.416 e. The first kappa shape index (κ1) is 23.0. The number of aromatic nitrogens is 1. The molecule has 0 amide bonds. The molecule has 0 saturated heterocycles. The Bertz CT molecular complexity index is 796. The molecular weight excluding hydrogens is 405 g/mol. The number of nitrogens with zero attached hydrogens (tertiary/aromatic N) is 2. The molecular formula is C19H25F3N4O2S. The summed E-state index contributed by atoms with van der Waals surface area (Å²) < 4.78 is 43.4. The molecule has 0 aliphatic heterocycles. The highest BCUT2D eigenvalue weighted by Crippen LogP contribution is 2.31. The third-order valence-corrected chi connectivity index (χ3v) is 4.57. The number of aliphatic hydroxyl groups excluding tert-OH is 1. The second-order valence-electron chi connectivity index (χ2n) is 6.24. The Balaban J connectivity index is 1.80. The molecule has 1 heterocycles. The van der Waals surface area contributed by atoms with Gasteiger partial charge in [-0.1, -0.05) is 6.07 Å². The van der Waals surface area contributed by atoms with E-state index in [1.165, 1.54) is 12.1 Å². The van der Waals surface area contributed by atoms with Crippen molar-refractivity contribution < 1.29 is 23.0 Å². The molecule has 3 N–H and O–H groups in total. The fourth-order valence-electron chi connectivity index (χ4n) is 2.38. The number of guanidine groups is 1. The molecule has 1 atom stereocenters. The summed E-state index contributed by atoms with van der Waals surface area (Å²) in [5.41, 5.74) is 0.210. The highest BCUT2D eigenvalue weighted by Gasteiger charge is 2.30. The third-order valence-electron chi connectivity index (χ3n) is 3.75. The fourth-order valence-corrected chi connectivity index (χ4v) is 3.02. The molecule has 0 fully saturated rings. The van der Waals surface area contributed by atoms with E-state index in [2.05, 4.69) is 20.6 Å². The highest BCUT2D eigenvalue weighted by atomic mass is 32.1. The predicted octanol–water partition coefficient (Wildman–Crippen LogP) is 3.01. The zero-order chi connectivity index (χ0) is 21.3. The van der Waals surface area contributed by atoms with Gasteiger partial charge in [-0.15, -0.1) is 11.3 Å². The normalized spacial score (nSPS) is 13.2. The van der Waals surface area contributed by atoms with Crippen LogP contribution in [0.2, 0.25) is 0 Å². The van der Waals surface area contributed by atoms with Gasteiger partial charge in [0.2, 0.25) is 0 Å². The Labute approximate surface area is 171 Å². The molecule has 0 aliphatic rings. The Kier molecular flexibility index (Phi) is 8.71. The van der Waals surface area contributed by atoms with Crippen molar-refractivity contribution in [2.75, 3.05) is 26.2 Å². The summed E-state index contributed by atoms with van der Waals surface area (Å²) in [6, 6.07) is 4.55. The lowest BCUT2D eigenvalue weighted by Crippen LogP contribution is -2.39. The second kappa shape index (κ2) is 11.0. The van der Waals surface area contributed by atoms with E-state index in [4.69, 9.17) is 4.74 Å². The summed E-state index contributed by atoms with van der Waals surface area (Å²) in [7, 11) is 0. The molecule has 0 spiro atoms. The lowest BCUT2D eigenvalue weighted by Gasteiger charge is -2.14. The van der Waals surface area contributed by atoms with Crippen LogP contribution in [0.3, 0.4) is 0 Å². The number of rotatable bonds is 9. The Hall–Kier alpha value is -2.33. The Morgan fingerprint density at radius 2 is 2.14 bits per heavy atom. The predicted molar refractivity (Wildman–Crippen MR) is 107 cm³/mol. The summed E-state index contributed by atoms with van der Waals surface area (Å²) in [5.74, 6) is 0.587. The van der Waals surface area contributed by atoms with Crippen LogP contribution in [-0.2, 0) is 12.6 Å². The monoisotopic (exact) mass is 430 g/mol. The minimum absolute atomic E-state index is 0.0457. The van der Waals surface area contributed by atoms with Crippen molar-refractivity contribution >= 4 is 17.3 Å². The fraction of sp³-hybridized carbons (Fsp3) is 0.474. The van der Waals surface area contributed by atoms with E-state index in [0.29, 0.717) is 19.0 Å². The van der Waals surface area contributed by atoms with Crippen LogP contribution in [0, 0.1) is 6.92 Å². The molecule has 160 valence electrons. The zero-order valence-electron chi connectivity index (χ0n) is 16.3. The molecule has 2 rings (SSSR count). The van der Waals surface area contributed by atoms with Crippen LogP contribution >= 0.6 is 11.3 Å². The second-order valence-corrected chi connectivity index (χ2v) is 7.31. The number of thiazole rings is 1. The van der Waals surface area contributed by atoms with Crippen LogP contribution in [0.15, 0.2) is 34.6 Å². The van der Waals surface area contributed by atoms with E-state index in [-0.39, 0.29) is 18.9 Å². The van der Waals surface area contributed by atoms with Crippen molar-refractivity contribution in [3.8, 4) is 5.75 Å². The van der Waals surface area contributed by atoms with E-state index in [0.717, 1.165) is 29.3 Å². The van der Waals surface area contributed by atoms with Crippen LogP contribution in [-0.4, -0.2) is 48.4 Å². The van der Waals surface area contributed by atoms with Crippen LogP contribution < -0.4 is 15.4 Å². The van der Waals surface area contributed by atoms with Gasteiger partial charge in [0.1, 0.15) is 18.5 Å². The van der Waals surface area contributed by atoms with E-state index >= 15 is 0 Å². The van der Waals surface area contributed by atoms with Gasteiger partial charge in [0.15, 0.2) is 5.96 Å². The van der Waals surface area contributed by atoms with Gasteiger partial charge in [-0.3, -0.25) is 4.99 Å². The molecule has 1 aromatic heterocycles. The van der Waals surface area contributed by atoms with Crippen LogP contribution in [0.25, 0.3) is 0 Å². The molecule has 0 bridgehead atoms. The maximum Gasteiger partial charge on any atom is 0.416 e. The van der Waals surface area contributed by atoms with Crippen molar-refractivity contribution in [1.82, 2.24) is 15.6 Å². The van der Waals surface area contributed by atoms with Gasteiger partial charge in [-0.25, -0.2) is 4.98 Å². The first-order chi connectivity index (χ1) is 13.8. The van der Waals surface area contributed by atoms with Gasteiger partial charge < -0.3 is 20.5 Å². The number of ether oxygens (including phenoxy) is 1. The maximum atomic E-state index is 12.7. The molecule has 0 saturated carbocycles. The molecule has 6 nitrogen and oxygen atoms in total. The molecule has 0 aliphatic carbocycles. The topological polar surface area (TPSA) is 78.8 Å². The van der Waals surface area contributed by atoms with Crippen LogP contribution in [0.4, 0.5) is 13.2 Å². The number of aliphatic imine (C=N–C) groups is 1. The number of alkyl halides is 3. The van der Waals surface area contributed by atoms with Gasteiger partial charge in [0.05, 0.1) is 22.8 Å². The largest absolute Gasteiger partial charge is 0.491 e. The third kappa shape index (κ3) is 8.28. The van der Waals surface area contributed by atoms with Gasteiger partial charge in [0.25, 0.3) is 0 Å². The van der Waals surface area contributed by atoms with E-state index < -0.39 is 17.8 Å². The number of hydrogen-bond donors (Lipinski definition) is 3. The minimum Gasteiger partial charge on any atom is -0.491 e. The number of benzene rings is 1. The SMILES string of the molecule is CCNC(=NCC(O)COc1cccc(C(F)(F)F)c1)NCCc1csc(C)n1. The summed E-state index contributed by atoms with van der Waals surface area (Å²) in [5, 5.41) is 19.3. The highest BCUT2D eigenvalue weighted by molar-refractivity contribution is 7.09. The first-order valence-corrected chi connectivity index (χ1v) is 10.1. The van der Waals surface area contributed by atoms with Crippen molar-refractivity contribution in [2.45, 2.75) is 32.5 Å². The minimum atomic E-state index is -4.44. The van der Waals surface area contributed by atoms with Gasteiger partial charge >= 0.3 is 6.18 Å². The summed E-state index contributed by atoms with van der Waals surface area (Å²) >= 11 is 1.60. The molecule has 1 unspecified atom stereocenters. The van der Waals surface area contributed by atoms with Crippen molar-refractivity contribution in [2.24, 2.45) is 4.99 Å². The summed E-state index contributed by atoms with van der Waals surface area (Å²) in [6.07, 6.45) is -4.65. The summed E-state index contributed by atoms with van der Waals surface area (Å²) in [6.45, 7) is 5.04. The average Bonchev–Trinajstić information content (AvgIpc) is 3.09. The van der Waals surface area contributed by atoms with Crippen LogP contribution in [0.5, 0.6) is 5.75 Å². The van der Waals surface area contributed by atoms with Gasteiger partial charge in [-0.05, 0) is 32.0 Å². The Morgan fingerprint density at radius 3 is 2.79 bits per heavy atom.